The summed E-state index contributed by atoms with van der Waals surface area (Å²) in [4.78, 5) is 4.02. The molecule has 0 aliphatic rings. The fourth-order valence-electron chi connectivity index (χ4n) is 1.34. The van der Waals surface area contributed by atoms with Gasteiger partial charge >= 0.3 is 0 Å². The Morgan fingerprint density at radius 3 is 3.08 bits per heavy atom. The fraction of sp³-hybridized carbons (Fsp3) is 0.364. The highest BCUT2D eigenvalue weighted by molar-refractivity contribution is 5.25. The maximum atomic E-state index is 9.73. The van der Waals surface area contributed by atoms with Gasteiger partial charge < -0.3 is 5.11 Å². The predicted molar refractivity (Wildman–Crippen MR) is 53.4 cm³/mol. The third kappa shape index (κ3) is 2.39. The summed E-state index contributed by atoms with van der Waals surface area (Å²) in [6.07, 6.45) is 6.30. The van der Waals surface area contributed by atoms with E-state index < -0.39 is 6.10 Å². The fourth-order valence-corrected chi connectivity index (χ4v) is 1.34. The molecule has 0 bridgehead atoms. The third-order valence-corrected chi connectivity index (χ3v) is 2.07. The van der Waals surface area contributed by atoms with E-state index >= 15 is 0 Å². The number of pyridine rings is 1. The molecule has 0 amide bonds. The van der Waals surface area contributed by atoms with Gasteiger partial charge in [-0.3, -0.25) is 4.98 Å². The highest BCUT2D eigenvalue weighted by Crippen LogP contribution is 2.20. The van der Waals surface area contributed by atoms with Crippen molar-refractivity contribution in [2.45, 2.75) is 25.9 Å². The summed E-state index contributed by atoms with van der Waals surface area (Å²) in [6.45, 7) is 5.66. The molecule has 2 nitrogen and oxygen atoms in total. The standard InChI is InChI=1S/C11H15NO/c1-3-5-11(13)10-6-7-12-8-9(10)4-2/h3,6-8,11,13H,1,4-5H2,2H3. The second-order valence-corrected chi connectivity index (χ2v) is 2.97. The average molecular weight is 177 g/mol. The summed E-state index contributed by atoms with van der Waals surface area (Å²) >= 11 is 0. The molecular formula is C11H15NO. The van der Waals surface area contributed by atoms with E-state index in [1.807, 2.05) is 12.3 Å². The van der Waals surface area contributed by atoms with Crippen molar-refractivity contribution >= 4 is 0 Å². The lowest BCUT2D eigenvalue weighted by Gasteiger charge is -2.11. The Kier molecular flexibility index (Phi) is 3.65. The lowest BCUT2D eigenvalue weighted by atomic mass is 10.0. The molecule has 0 saturated carbocycles. The average Bonchev–Trinajstić information content (AvgIpc) is 2.18. The summed E-state index contributed by atoms with van der Waals surface area (Å²) < 4.78 is 0. The first-order valence-corrected chi connectivity index (χ1v) is 4.51. The number of nitrogens with zero attached hydrogens (tertiary/aromatic N) is 1. The van der Waals surface area contributed by atoms with Gasteiger partial charge in [-0.25, -0.2) is 0 Å². The molecule has 1 heterocycles. The van der Waals surface area contributed by atoms with Gasteiger partial charge in [0.2, 0.25) is 0 Å². The first-order chi connectivity index (χ1) is 6.29. The zero-order valence-corrected chi connectivity index (χ0v) is 7.90. The van der Waals surface area contributed by atoms with Gasteiger partial charge in [-0.15, -0.1) is 6.58 Å². The van der Waals surface area contributed by atoms with Crippen LogP contribution in [-0.2, 0) is 6.42 Å². The summed E-state index contributed by atoms with van der Waals surface area (Å²) in [7, 11) is 0. The van der Waals surface area contributed by atoms with Crippen molar-refractivity contribution in [2.24, 2.45) is 0 Å². The van der Waals surface area contributed by atoms with Crippen molar-refractivity contribution in [1.82, 2.24) is 4.98 Å². The molecule has 0 aliphatic carbocycles. The first-order valence-electron chi connectivity index (χ1n) is 4.51. The maximum Gasteiger partial charge on any atom is 0.0828 e. The minimum atomic E-state index is -0.435. The van der Waals surface area contributed by atoms with E-state index in [9.17, 15) is 5.11 Å². The Hall–Kier alpha value is -1.15. The maximum absolute atomic E-state index is 9.73. The zero-order valence-electron chi connectivity index (χ0n) is 7.90. The summed E-state index contributed by atoms with van der Waals surface area (Å²) in [6, 6.07) is 1.87. The second-order valence-electron chi connectivity index (χ2n) is 2.97. The molecule has 0 fully saturated rings. The van der Waals surface area contributed by atoms with Gasteiger partial charge in [0.05, 0.1) is 6.10 Å². The van der Waals surface area contributed by atoms with Crippen LogP contribution in [0.3, 0.4) is 0 Å². The number of aliphatic hydroxyl groups is 1. The molecule has 0 saturated heterocycles. The Morgan fingerprint density at radius 2 is 2.46 bits per heavy atom. The molecule has 2 heteroatoms. The van der Waals surface area contributed by atoms with Crippen LogP contribution in [0.4, 0.5) is 0 Å². The van der Waals surface area contributed by atoms with Crippen LogP contribution in [0, 0.1) is 0 Å². The van der Waals surface area contributed by atoms with Gasteiger partial charge in [0.1, 0.15) is 0 Å². The molecule has 0 aromatic carbocycles. The molecule has 1 N–H and O–H groups in total. The lowest BCUT2D eigenvalue weighted by Crippen LogP contribution is -2.00. The van der Waals surface area contributed by atoms with Crippen molar-refractivity contribution in [1.29, 1.82) is 0 Å². The lowest BCUT2D eigenvalue weighted by molar-refractivity contribution is 0.180. The number of aromatic nitrogens is 1. The van der Waals surface area contributed by atoms with Crippen molar-refractivity contribution in [3.05, 3.63) is 42.2 Å². The molecule has 70 valence electrons. The molecule has 13 heavy (non-hydrogen) atoms. The van der Waals surface area contributed by atoms with Crippen LogP contribution in [-0.4, -0.2) is 10.1 Å². The van der Waals surface area contributed by atoms with E-state index in [1.54, 1.807) is 12.3 Å². The molecule has 1 rings (SSSR count). The van der Waals surface area contributed by atoms with Crippen molar-refractivity contribution < 1.29 is 5.11 Å². The van der Waals surface area contributed by atoms with Gasteiger partial charge in [-0.2, -0.15) is 0 Å². The van der Waals surface area contributed by atoms with E-state index in [0.29, 0.717) is 6.42 Å². The Labute approximate surface area is 78.9 Å². The highest BCUT2D eigenvalue weighted by Gasteiger charge is 2.08. The second kappa shape index (κ2) is 4.77. The largest absolute Gasteiger partial charge is 0.388 e. The molecule has 0 radical (unpaired) electrons. The molecular weight excluding hydrogens is 162 g/mol. The Bertz CT molecular complexity index is 283. The van der Waals surface area contributed by atoms with Crippen LogP contribution in [0.15, 0.2) is 31.1 Å². The number of hydrogen-bond acceptors (Lipinski definition) is 2. The summed E-state index contributed by atoms with van der Waals surface area (Å²) in [5, 5.41) is 9.73. The van der Waals surface area contributed by atoms with E-state index in [0.717, 1.165) is 17.5 Å². The van der Waals surface area contributed by atoms with Gasteiger partial charge in [0.25, 0.3) is 0 Å². The molecule has 0 aliphatic heterocycles. The first kappa shape index (κ1) is 9.93. The van der Waals surface area contributed by atoms with E-state index in [-0.39, 0.29) is 0 Å². The van der Waals surface area contributed by atoms with E-state index in [4.69, 9.17) is 0 Å². The van der Waals surface area contributed by atoms with E-state index in [1.165, 1.54) is 0 Å². The molecule has 1 unspecified atom stereocenters. The van der Waals surface area contributed by atoms with Crippen LogP contribution >= 0.6 is 0 Å². The number of aryl methyl sites for hydroxylation is 1. The van der Waals surface area contributed by atoms with Crippen LogP contribution in [0.25, 0.3) is 0 Å². The Morgan fingerprint density at radius 1 is 1.69 bits per heavy atom. The number of hydrogen-bond donors (Lipinski definition) is 1. The highest BCUT2D eigenvalue weighted by atomic mass is 16.3. The summed E-state index contributed by atoms with van der Waals surface area (Å²) in [5.41, 5.74) is 2.08. The topological polar surface area (TPSA) is 33.1 Å². The van der Waals surface area contributed by atoms with E-state index in [2.05, 4.69) is 18.5 Å². The smallest absolute Gasteiger partial charge is 0.0828 e. The molecule has 1 aromatic rings. The molecule has 0 spiro atoms. The zero-order chi connectivity index (χ0) is 9.68. The molecule has 1 atom stereocenters. The van der Waals surface area contributed by atoms with Gasteiger partial charge in [0, 0.05) is 12.4 Å². The SMILES string of the molecule is C=CCC(O)c1ccncc1CC. The quantitative estimate of drug-likeness (QED) is 0.715. The Balaban J connectivity index is 2.91. The van der Waals surface area contributed by atoms with Gasteiger partial charge in [-0.05, 0) is 30.0 Å². The van der Waals surface area contributed by atoms with Crippen molar-refractivity contribution in [3.63, 3.8) is 0 Å². The minimum absolute atomic E-state index is 0.435. The predicted octanol–water partition coefficient (Wildman–Crippen LogP) is 2.25. The summed E-state index contributed by atoms with van der Waals surface area (Å²) in [5.74, 6) is 0. The number of rotatable bonds is 4. The van der Waals surface area contributed by atoms with Crippen molar-refractivity contribution in [3.8, 4) is 0 Å². The monoisotopic (exact) mass is 177 g/mol. The van der Waals surface area contributed by atoms with Crippen LogP contribution in [0.2, 0.25) is 0 Å². The van der Waals surface area contributed by atoms with Crippen LogP contribution in [0.5, 0.6) is 0 Å². The molecule has 1 aromatic heterocycles. The van der Waals surface area contributed by atoms with Gasteiger partial charge in [0.15, 0.2) is 0 Å². The number of aliphatic hydroxyl groups excluding tert-OH is 1. The van der Waals surface area contributed by atoms with Crippen molar-refractivity contribution in [2.75, 3.05) is 0 Å². The third-order valence-electron chi connectivity index (χ3n) is 2.07. The normalized spacial score (nSPS) is 12.5. The minimum Gasteiger partial charge on any atom is -0.388 e. The van der Waals surface area contributed by atoms with Crippen LogP contribution in [0.1, 0.15) is 30.6 Å². The van der Waals surface area contributed by atoms with Crippen LogP contribution < -0.4 is 0 Å². The van der Waals surface area contributed by atoms with Gasteiger partial charge in [-0.1, -0.05) is 13.0 Å².